The van der Waals surface area contributed by atoms with Gasteiger partial charge in [0.1, 0.15) is 24.3 Å². The van der Waals surface area contributed by atoms with Crippen LogP contribution in [0.15, 0.2) is 24.3 Å². The van der Waals surface area contributed by atoms with Gasteiger partial charge in [-0.25, -0.2) is 9.78 Å². The molecule has 1 saturated heterocycles. The van der Waals surface area contributed by atoms with E-state index < -0.39 is 6.09 Å². The quantitative estimate of drug-likeness (QED) is 0.440. The van der Waals surface area contributed by atoms with Crippen LogP contribution in [0.3, 0.4) is 0 Å². The number of nitrogens with one attached hydrogen (secondary N) is 2. The summed E-state index contributed by atoms with van der Waals surface area (Å²) in [6.07, 6.45) is 1.67. The van der Waals surface area contributed by atoms with Crippen LogP contribution in [0.2, 0.25) is 0 Å². The van der Waals surface area contributed by atoms with Crippen LogP contribution in [0.4, 0.5) is 16.4 Å². The molecule has 1 aromatic carbocycles. The minimum absolute atomic E-state index is 0.0501. The second-order valence-electron chi connectivity index (χ2n) is 9.09. The molecule has 1 fully saturated rings. The fourth-order valence-corrected chi connectivity index (χ4v) is 4.83. The molecule has 0 saturated carbocycles. The van der Waals surface area contributed by atoms with Crippen molar-refractivity contribution < 1.29 is 23.8 Å². The van der Waals surface area contributed by atoms with Gasteiger partial charge in [0.05, 0.1) is 18.2 Å². The molecule has 2 aromatic rings. The first kappa shape index (κ1) is 23.8. The number of nitrogens with two attached hydrogens (primary N) is 1. The molecule has 2 atom stereocenters. The molecule has 4 N–H and O–H groups in total. The largest absolute Gasteiger partial charge is 0.492 e. The molecule has 188 valence electrons. The SMILES string of the molecule is N#Cc1cc(OCCN)cc2c1CC(CNCCC1CN(c3ccc4c(n3)NC(=O)CO4)C(=O)O1)C2. The van der Waals surface area contributed by atoms with Crippen molar-refractivity contribution in [3.8, 4) is 17.6 Å². The van der Waals surface area contributed by atoms with Gasteiger partial charge in [0.25, 0.3) is 5.91 Å². The molecule has 0 radical (unpaired) electrons. The summed E-state index contributed by atoms with van der Waals surface area (Å²) in [6.45, 7) is 2.67. The van der Waals surface area contributed by atoms with E-state index in [9.17, 15) is 14.9 Å². The fraction of sp³-hybridized carbons (Fsp3) is 0.440. The molecule has 1 aromatic heterocycles. The summed E-state index contributed by atoms with van der Waals surface area (Å²) >= 11 is 0. The summed E-state index contributed by atoms with van der Waals surface area (Å²) in [5.74, 6) is 1.98. The molecule has 11 nitrogen and oxygen atoms in total. The zero-order valence-corrected chi connectivity index (χ0v) is 19.8. The Bertz CT molecular complexity index is 1210. The minimum Gasteiger partial charge on any atom is -0.492 e. The molecule has 5 rings (SSSR count). The first-order valence-electron chi connectivity index (χ1n) is 12.1. The molecule has 2 unspecified atom stereocenters. The third-order valence-electron chi connectivity index (χ3n) is 6.51. The third kappa shape index (κ3) is 5.05. The summed E-state index contributed by atoms with van der Waals surface area (Å²) in [6, 6.07) is 9.47. The van der Waals surface area contributed by atoms with Gasteiger partial charge >= 0.3 is 6.09 Å². The van der Waals surface area contributed by atoms with Gasteiger partial charge in [-0.15, -0.1) is 0 Å². The van der Waals surface area contributed by atoms with Crippen LogP contribution in [-0.4, -0.2) is 62.5 Å². The van der Waals surface area contributed by atoms with Crippen molar-refractivity contribution in [1.82, 2.24) is 10.3 Å². The van der Waals surface area contributed by atoms with Crippen LogP contribution in [0, 0.1) is 17.2 Å². The van der Waals surface area contributed by atoms with Crippen LogP contribution in [0.25, 0.3) is 0 Å². The average molecular weight is 493 g/mol. The number of hydrogen-bond donors (Lipinski definition) is 3. The molecule has 0 bridgehead atoms. The molecule has 3 aliphatic rings. The number of fused-ring (bicyclic) bond motifs is 2. The number of amides is 2. The monoisotopic (exact) mass is 492 g/mol. The molecular formula is C25H28N6O5. The van der Waals surface area contributed by atoms with Crippen LogP contribution >= 0.6 is 0 Å². The Morgan fingerprint density at radius 2 is 2.19 bits per heavy atom. The van der Waals surface area contributed by atoms with E-state index in [2.05, 4.69) is 21.7 Å². The third-order valence-corrected chi connectivity index (χ3v) is 6.51. The zero-order chi connectivity index (χ0) is 25.1. The summed E-state index contributed by atoms with van der Waals surface area (Å²) in [5, 5.41) is 15.7. The maximum atomic E-state index is 12.4. The average Bonchev–Trinajstić information content (AvgIpc) is 3.47. The number of hydrogen-bond acceptors (Lipinski definition) is 9. The van der Waals surface area contributed by atoms with E-state index in [0.717, 1.165) is 30.5 Å². The second kappa shape index (κ2) is 10.4. The maximum Gasteiger partial charge on any atom is 0.415 e. The molecular weight excluding hydrogens is 464 g/mol. The highest BCUT2D eigenvalue weighted by molar-refractivity contribution is 5.95. The Labute approximate surface area is 208 Å². The van der Waals surface area contributed by atoms with Crippen molar-refractivity contribution in [2.75, 3.05) is 49.6 Å². The number of carbonyl (C=O) groups is 2. The summed E-state index contributed by atoms with van der Waals surface area (Å²) in [4.78, 5) is 29.8. The summed E-state index contributed by atoms with van der Waals surface area (Å²) in [5.41, 5.74) is 8.45. The van der Waals surface area contributed by atoms with Gasteiger partial charge in [-0.1, -0.05) is 0 Å². The molecule has 3 heterocycles. The van der Waals surface area contributed by atoms with E-state index in [1.54, 1.807) is 18.2 Å². The lowest BCUT2D eigenvalue weighted by Crippen LogP contribution is -2.30. The van der Waals surface area contributed by atoms with Gasteiger partial charge in [0.2, 0.25) is 0 Å². The normalized spacial score (nSPS) is 20.2. The highest BCUT2D eigenvalue weighted by Gasteiger charge is 2.34. The van der Waals surface area contributed by atoms with Crippen molar-refractivity contribution in [2.24, 2.45) is 11.7 Å². The van der Waals surface area contributed by atoms with Crippen molar-refractivity contribution in [1.29, 1.82) is 5.26 Å². The van der Waals surface area contributed by atoms with E-state index in [4.69, 9.17) is 19.9 Å². The number of benzene rings is 1. The lowest BCUT2D eigenvalue weighted by Gasteiger charge is -2.19. The number of rotatable bonds is 9. The van der Waals surface area contributed by atoms with Gasteiger partial charge in [0.15, 0.2) is 18.2 Å². The predicted octanol–water partition coefficient (Wildman–Crippen LogP) is 1.34. The van der Waals surface area contributed by atoms with Crippen molar-refractivity contribution >= 4 is 23.6 Å². The summed E-state index contributed by atoms with van der Waals surface area (Å²) < 4.78 is 16.5. The second-order valence-corrected chi connectivity index (χ2v) is 9.09. The van der Waals surface area contributed by atoms with Crippen molar-refractivity contribution in [3.05, 3.63) is 41.0 Å². The van der Waals surface area contributed by atoms with Gasteiger partial charge in [-0.05, 0) is 73.7 Å². The number of ether oxygens (including phenoxy) is 3. The van der Waals surface area contributed by atoms with Crippen molar-refractivity contribution in [3.63, 3.8) is 0 Å². The predicted molar refractivity (Wildman–Crippen MR) is 130 cm³/mol. The smallest absolute Gasteiger partial charge is 0.415 e. The Morgan fingerprint density at radius 1 is 1.31 bits per heavy atom. The van der Waals surface area contributed by atoms with E-state index in [1.807, 2.05) is 6.07 Å². The Hall–Kier alpha value is -3.88. The zero-order valence-electron chi connectivity index (χ0n) is 19.8. The topological polar surface area (TPSA) is 152 Å². The molecule has 0 spiro atoms. The lowest BCUT2D eigenvalue weighted by molar-refractivity contribution is -0.118. The number of pyridine rings is 1. The highest BCUT2D eigenvalue weighted by Crippen LogP contribution is 2.33. The maximum absolute atomic E-state index is 12.4. The number of aromatic nitrogens is 1. The highest BCUT2D eigenvalue weighted by atomic mass is 16.6. The Kier molecular flexibility index (Phi) is 6.88. The number of anilines is 2. The van der Waals surface area contributed by atoms with E-state index in [1.165, 1.54) is 4.90 Å². The number of carbonyl (C=O) groups excluding carboxylic acids is 2. The first-order chi connectivity index (χ1) is 17.5. The van der Waals surface area contributed by atoms with Crippen LogP contribution in [0.5, 0.6) is 11.5 Å². The number of cyclic esters (lactones) is 1. The molecule has 1 aliphatic carbocycles. The first-order valence-corrected chi connectivity index (χ1v) is 12.1. The molecule has 11 heteroatoms. The molecule has 36 heavy (non-hydrogen) atoms. The van der Waals surface area contributed by atoms with Gasteiger partial charge in [-0.3, -0.25) is 9.69 Å². The van der Waals surface area contributed by atoms with Gasteiger partial charge in [-0.2, -0.15) is 5.26 Å². The standard InChI is InChI=1S/C25H28N6O5/c26-4-6-34-19-9-16-7-15(8-20(16)17(10-19)11-27)12-28-5-3-18-13-31(25(33)36-18)22-2-1-21-24(29-22)30-23(32)14-35-21/h1-2,9-10,15,18,28H,3-8,12-14,26H2,(H,29,30,32). The fourth-order valence-electron chi connectivity index (χ4n) is 4.83. The Balaban J connectivity index is 1.10. The van der Waals surface area contributed by atoms with Crippen LogP contribution in [0.1, 0.15) is 23.1 Å². The van der Waals surface area contributed by atoms with E-state index in [0.29, 0.717) is 67.3 Å². The van der Waals surface area contributed by atoms with Gasteiger partial charge < -0.3 is 30.6 Å². The number of nitrogens with zero attached hydrogens (tertiary/aromatic N) is 3. The Morgan fingerprint density at radius 3 is 3.03 bits per heavy atom. The number of nitriles is 1. The lowest BCUT2D eigenvalue weighted by atomic mass is 10.0. The molecule has 2 amide bonds. The molecule has 2 aliphatic heterocycles. The van der Waals surface area contributed by atoms with Crippen LogP contribution in [-0.2, 0) is 22.4 Å². The van der Waals surface area contributed by atoms with Crippen molar-refractivity contribution in [2.45, 2.75) is 25.4 Å². The van der Waals surface area contributed by atoms with Crippen LogP contribution < -0.4 is 30.7 Å². The van der Waals surface area contributed by atoms with Gasteiger partial charge in [0, 0.05) is 6.54 Å². The summed E-state index contributed by atoms with van der Waals surface area (Å²) in [7, 11) is 0. The van der Waals surface area contributed by atoms with E-state index in [-0.39, 0.29) is 18.6 Å². The minimum atomic E-state index is -0.460. The van der Waals surface area contributed by atoms with E-state index >= 15 is 0 Å².